The van der Waals surface area contributed by atoms with Gasteiger partial charge in [-0.2, -0.15) is 4.52 Å². The van der Waals surface area contributed by atoms with Crippen molar-refractivity contribution >= 4 is 33.9 Å². The molecule has 2 aromatic carbocycles. The standard InChI is InChI=1S/C19H20N6/c1-12-11-14(9-10-17(12)24(3)4)21-19-22-16-8-6-5-7-15(16)18-20-13(2)23-25(18)19/h5-11H,1-4H3,(H,21,22). The highest BCUT2D eigenvalue weighted by atomic mass is 15.4. The number of anilines is 3. The highest BCUT2D eigenvalue weighted by Gasteiger charge is 2.12. The van der Waals surface area contributed by atoms with Crippen molar-refractivity contribution in [1.29, 1.82) is 0 Å². The van der Waals surface area contributed by atoms with E-state index in [9.17, 15) is 0 Å². The fraction of sp³-hybridized carbons (Fsp3) is 0.211. The van der Waals surface area contributed by atoms with Crippen LogP contribution in [0.25, 0.3) is 16.6 Å². The van der Waals surface area contributed by atoms with E-state index in [1.165, 1.54) is 11.3 Å². The van der Waals surface area contributed by atoms with E-state index in [0.717, 1.165) is 28.1 Å². The number of hydrogen-bond donors (Lipinski definition) is 1. The van der Waals surface area contributed by atoms with Crippen LogP contribution >= 0.6 is 0 Å². The Kier molecular flexibility index (Phi) is 3.53. The molecular weight excluding hydrogens is 312 g/mol. The molecule has 6 heteroatoms. The summed E-state index contributed by atoms with van der Waals surface area (Å²) < 4.78 is 1.77. The Morgan fingerprint density at radius 3 is 2.56 bits per heavy atom. The Hall–Kier alpha value is -3.15. The summed E-state index contributed by atoms with van der Waals surface area (Å²) in [5.41, 5.74) is 5.07. The van der Waals surface area contributed by atoms with Gasteiger partial charge in [0.25, 0.3) is 0 Å². The molecule has 4 aromatic rings. The van der Waals surface area contributed by atoms with Crippen molar-refractivity contribution in [2.24, 2.45) is 0 Å². The van der Waals surface area contributed by atoms with E-state index in [0.29, 0.717) is 5.95 Å². The van der Waals surface area contributed by atoms with E-state index >= 15 is 0 Å². The number of rotatable bonds is 3. The summed E-state index contributed by atoms with van der Waals surface area (Å²) in [5.74, 6) is 1.38. The summed E-state index contributed by atoms with van der Waals surface area (Å²) >= 11 is 0. The van der Waals surface area contributed by atoms with Gasteiger partial charge in [-0.1, -0.05) is 12.1 Å². The Labute approximate surface area is 146 Å². The minimum Gasteiger partial charge on any atom is -0.377 e. The van der Waals surface area contributed by atoms with Gasteiger partial charge in [-0.15, -0.1) is 5.10 Å². The maximum absolute atomic E-state index is 4.74. The van der Waals surface area contributed by atoms with E-state index in [1.807, 2.05) is 45.3 Å². The Morgan fingerprint density at radius 1 is 1.00 bits per heavy atom. The molecule has 0 amide bonds. The van der Waals surface area contributed by atoms with Crippen molar-refractivity contribution in [2.45, 2.75) is 13.8 Å². The molecule has 0 aliphatic carbocycles. The fourth-order valence-electron chi connectivity index (χ4n) is 3.10. The number of aryl methyl sites for hydroxylation is 2. The van der Waals surface area contributed by atoms with Crippen LogP contribution in [0.5, 0.6) is 0 Å². The summed E-state index contributed by atoms with van der Waals surface area (Å²) in [6, 6.07) is 14.2. The molecule has 0 bridgehead atoms. The quantitative estimate of drug-likeness (QED) is 0.620. The lowest BCUT2D eigenvalue weighted by molar-refractivity contribution is 0.918. The van der Waals surface area contributed by atoms with Gasteiger partial charge in [0.2, 0.25) is 5.95 Å². The molecule has 1 N–H and O–H groups in total. The van der Waals surface area contributed by atoms with Crippen molar-refractivity contribution < 1.29 is 0 Å². The van der Waals surface area contributed by atoms with Crippen LogP contribution in [0.3, 0.4) is 0 Å². The van der Waals surface area contributed by atoms with Crippen molar-refractivity contribution in [3.05, 3.63) is 53.9 Å². The molecule has 2 aromatic heterocycles. The lowest BCUT2D eigenvalue weighted by Crippen LogP contribution is -2.10. The van der Waals surface area contributed by atoms with Gasteiger partial charge in [0, 0.05) is 30.9 Å². The van der Waals surface area contributed by atoms with E-state index < -0.39 is 0 Å². The fourth-order valence-corrected chi connectivity index (χ4v) is 3.10. The largest absolute Gasteiger partial charge is 0.377 e. The van der Waals surface area contributed by atoms with Gasteiger partial charge in [0.05, 0.1) is 5.52 Å². The molecule has 0 saturated heterocycles. The molecule has 0 aliphatic heterocycles. The third kappa shape index (κ3) is 2.65. The molecule has 0 spiro atoms. The maximum Gasteiger partial charge on any atom is 0.231 e. The second kappa shape index (κ2) is 5.73. The predicted octanol–water partition coefficient (Wildman–Crippen LogP) is 3.70. The molecule has 0 radical (unpaired) electrons. The van der Waals surface area contributed by atoms with Crippen LogP contribution in [0.15, 0.2) is 42.5 Å². The number of aromatic nitrogens is 4. The summed E-state index contributed by atoms with van der Waals surface area (Å²) in [7, 11) is 4.09. The van der Waals surface area contributed by atoms with E-state index in [4.69, 9.17) is 4.98 Å². The van der Waals surface area contributed by atoms with Crippen LogP contribution in [-0.2, 0) is 0 Å². The van der Waals surface area contributed by atoms with Gasteiger partial charge in [-0.25, -0.2) is 9.97 Å². The smallest absolute Gasteiger partial charge is 0.231 e. The maximum atomic E-state index is 4.74. The number of benzene rings is 2. The first-order chi connectivity index (χ1) is 12.0. The highest BCUT2D eigenvalue weighted by Crippen LogP contribution is 2.26. The van der Waals surface area contributed by atoms with Crippen molar-refractivity contribution in [2.75, 3.05) is 24.3 Å². The molecule has 0 aliphatic rings. The molecule has 126 valence electrons. The lowest BCUT2D eigenvalue weighted by atomic mass is 10.1. The van der Waals surface area contributed by atoms with Gasteiger partial charge in [-0.3, -0.25) is 0 Å². The average Bonchev–Trinajstić information content (AvgIpc) is 2.97. The van der Waals surface area contributed by atoms with Crippen LogP contribution in [0.1, 0.15) is 11.4 Å². The minimum atomic E-state index is 0.659. The van der Waals surface area contributed by atoms with Gasteiger partial charge < -0.3 is 10.2 Å². The SMILES string of the molecule is Cc1nc2c3ccccc3nc(Nc3ccc(N(C)C)c(C)c3)n2n1. The Bertz CT molecular complexity index is 1080. The number of hydrogen-bond acceptors (Lipinski definition) is 5. The third-order valence-electron chi connectivity index (χ3n) is 4.22. The molecule has 25 heavy (non-hydrogen) atoms. The Morgan fingerprint density at radius 2 is 1.80 bits per heavy atom. The highest BCUT2D eigenvalue weighted by molar-refractivity contribution is 5.92. The first kappa shape index (κ1) is 15.4. The average molecular weight is 332 g/mol. The molecule has 0 fully saturated rings. The zero-order valence-electron chi connectivity index (χ0n) is 14.8. The zero-order valence-corrected chi connectivity index (χ0v) is 14.8. The molecule has 6 nitrogen and oxygen atoms in total. The van der Waals surface area contributed by atoms with Crippen molar-refractivity contribution in [1.82, 2.24) is 19.6 Å². The molecule has 0 unspecified atom stereocenters. The first-order valence-corrected chi connectivity index (χ1v) is 8.20. The number of fused-ring (bicyclic) bond motifs is 3. The minimum absolute atomic E-state index is 0.659. The molecular formula is C19H20N6. The van der Waals surface area contributed by atoms with Crippen LogP contribution in [0.4, 0.5) is 17.3 Å². The zero-order chi connectivity index (χ0) is 17.6. The topological polar surface area (TPSA) is 58.4 Å². The summed E-state index contributed by atoms with van der Waals surface area (Å²) in [5, 5.41) is 8.88. The van der Waals surface area contributed by atoms with E-state index in [2.05, 4.69) is 45.4 Å². The predicted molar refractivity (Wildman–Crippen MR) is 102 cm³/mol. The van der Waals surface area contributed by atoms with E-state index in [1.54, 1.807) is 4.52 Å². The normalized spacial score (nSPS) is 11.2. The summed E-state index contributed by atoms with van der Waals surface area (Å²) in [4.78, 5) is 11.4. The Balaban J connectivity index is 1.84. The second-order valence-electron chi connectivity index (χ2n) is 6.37. The van der Waals surface area contributed by atoms with Crippen molar-refractivity contribution in [3.8, 4) is 0 Å². The van der Waals surface area contributed by atoms with Crippen LogP contribution in [0.2, 0.25) is 0 Å². The molecule has 0 atom stereocenters. The van der Waals surface area contributed by atoms with Crippen molar-refractivity contribution in [3.63, 3.8) is 0 Å². The van der Waals surface area contributed by atoms with Crippen LogP contribution in [0, 0.1) is 13.8 Å². The summed E-state index contributed by atoms with van der Waals surface area (Å²) in [6.07, 6.45) is 0. The number of nitrogens with one attached hydrogen (secondary N) is 1. The van der Waals surface area contributed by atoms with Gasteiger partial charge in [0.1, 0.15) is 5.82 Å². The number of para-hydroxylation sites is 1. The third-order valence-corrected chi connectivity index (χ3v) is 4.22. The summed E-state index contributed by atoms with van der Waals surface area (Å²) in [6.45, 7) is 3.99. The van der Waals surface area contributed by atoms with Crippen LogP contribution < -0.4 is 10.2 Å². The molecule has 2 heterocycles. The van der Waals surface area contributed by atoms with Gasteiger partial charge in [0.15, 0.2) is 5.65 Å². The van der Waals surface area contributed by atoms with E-state index in [-0.39, 0.29) is 0 Å². The van der Waals surface area contributed by atoms with Gasteiger partial charge in [-0.05, 0) is 49.7 Å². The molecule has 0 saturated carbocycles. The lowest BCUT2D eigenvalue weighted by Gasteiger charge is -2.17. The van der Waals surface area contributed by atoms with Gasteiger partial charge >= 0.3 is 0 Å². The monoisotopic (exact) mass is 332 g/mol. The second-order valence-corrected chi connectivity index (χ2v) is 6.37. The molecule has 4 rings (SSSR count). The van der Waals surface area contributed by atoms with Crippen LogP contribution in [-0.4, -0.2) is 33.7 Å². The number of nitrogens with zero attached hydrogens (tertiary/aromatic N) is 5. The first-order valence-electron chi connectivity index (χ1n) is 8.20.